The van der Waals surface area contributed by atoms with E-state index in [0.29, 0.717) is 5.56 Å². The lowest BCUT2D eigenvalue weighted by Crippen LogP contribution is -2.77. The predicted octanol–water partition coefficient (Wildman–Crippen LogP) is -0.673. The van der Waals surface area contributed by atoms with E-state index in [1.807, 2.05) is 0 Å². The number of aromatic hydroxyl groups is 1. The van der Waals surface area contributed by atoms with Crippen LogP contribution in [-0.2, 0) is 24.0 Å². The third-order valence-electron chi connectivity index (χ3n) is 8.43. The van der Waals surface area contributed by atoms with Crippen molar-refractivity contribution in [3.05, 3.63) is 34.9 Å². The Morgan fingerprint density at radius 1 is 1.10 bits per heavy atom. The highest BCUT2D eigenvalue weighted by molar-refractivity contribution is 6.32. The van der Waals surface area contributed by atoms with E-state index in [2.05, 4.69) is 5.32 Å². The van der Waals surface area contributed by atoms with E-state index in [1.54, 1.807) is 27.7 Å². The molecule has 0 spiro atoms. The number of ketones is 4. The van der Waals surface area contributed by atoms with Gasteiger partial charge in [-0.25, -0.2) is 0 Å². The fraction of sp³-hybridized carbons (Fsp3) is 0.517. The number of likely N-dealkylation sites (N-methyl/N-ethyl adjacent to an activating group) is 1. The first-order valence-electron chi connectivity index (χ1n) is 13.2. The van der Waals surface area contributed by atoms with Crippen LogP contribution in [0, 0.1) is 23.7 Å². The summed E-state index contributed by atoms with van der Waals surface area (Å²) in [5.41, 5.74) is 1.92. The van der Waals surface area contributed by atoms with E-state index in [1.165, 1.54) is 43.3 Å². The smallest absolute Gasteiger partial charge is 0.244 e. The Morgan fingerprint density at radius 3 is 2.24 bits per heavy atom. The molecule has 2 unspecified atom stereocenters. The number of phenols is 1. The number of nitrogens with two attached hydrogens (primary N) is 1. The molecule has 220 valence electrons. The normalized spacial score (nSPS) is 33.4. The number of amides is 2. The van der Waals surface area contributed by atoms with Crippen LogP contribution in [0.5, 0.6) is 5.75 Å². The van der Waals surface area contributed by atoms with Crippen LogP contribution in [0.3, 0.4) is 0 Å². The van der Waals surface area contributed by atoms with Crippen molar-refractivity contribution in [1.82, 2.24) is 10.2 Å². The first kappa shape index (κ1) is 30.2. The molecule has 3 aliphatic carbocycles. The maximum atomic E-state index is 14.0. The Morgan fingerprint density at radius 2 is 1.71 bits per heavy atom. The third kappa shape index (κ3) is 4.50. The molecule has 1 aromatic rings. The molecule has 0 heterocycles. The van der Waals surface area contributed by atoms with E-state index in [0.717, 1.165) is 0 Å². The van der Waals surface area contributed by atoms with E-state index in [-0.39, 0.29) is 11.1 Å². The van der Waals surface area contributed by atoms with Gasteiger partial charge in [0.2, 0.25) is 11.8 Å². The van der Waals surface area contributed by atoms with E-state index in [9.17, 15) is 44.1 Å². The summed E-state index contributed by atoms with van der Waals surface area (Å²) in [6.45, 7) is 7.00. The van der Waals surface area contributed by atoms with Gasteiger partial charge < -0.3 is 26.4 Å². The highest BCUT2D eigenvalue weighted by Crippen LogP contribution is 2.54. The zero-order valence-corrected chi connectivity index (χ0v) is 23.7. The first-order valence-corrected chi connectivity index (χ1v) is 13.2. The Bertz CT molecular complexity index is 1410. The molecule has 4 rings (SSSR count). The number of aliphatic hydroxyl groups is 2. The van der Waals surface area contributed by atoms with Crippen LogP contribution in [0.4, 0.5) is 0 Å². The molecule has 8 atom stereocenters. The first-order chi connectivity index (χ1) is 18.9. The van der Waals surface area contributed by atoms with Gasteiger partial charge in [0, 0.05) is 23.1 Å². The number of hydrogen-bond donors (Lipinski definition) is 5. The minimum absolute atomic E-state index is 0.105. The van der Waals surface area contributed by atoms with Gasteiger partial charge in [0.1, 0.15) is 5.75 Å². The molecule has 0 saturated heterocycles. The highest BCUT2D eigenvalue weighted by Gasteiger charge is 2.72. The van der Waals surface area contributed by atoms with Crippen molar-refractivity contribution >= 4 is 41.0 Å². The molecule has 2 amide bonds. The number of rotatable bonds is 4. The Hall–Kier alpha value is -3.74. The topological polar surface area (TPSA) is 204 Å². The van der Waals surface area contributed by atoms with Crippen molar-refractivity contribution in [3.8, 4) is 5.75 Å². The van der Waals surface area contributed by atoms with Crippen LogP contribution in [0.1, 0.15) is 55.1 Å². The Balaban J connectivity index is 1.84. The minimum atomic E-state index is -3.06. The molecule has 41 heavy (non-hydrogen) atoms. The molecule has 3 aliphatic rings. The van der Waals surface area contributed by atoms with Gasteiger partial charge in [-0.3, -0.25) is 33.7 Å². The van der Waals surface area contributed by atoms with Crippen molar-refractivity contribution in [2.24, 2.45) is 29.4 Å². The SMILES string of the molecule is C[C@H]1c2ccc(C=CC(=O)NC(C)(C)C)c(O)c2C(=O)C2C(=O)[C@]3(O)C(=O)C(C(N)=O)C(=O)[C@@H](N(C)C)[C@@H]3[C@@H](O)[C@@H]21. The van der Waals surface area contributed by atoms with Crippen molar-refractivity contribution in [2.45, 2.75) is 56.9 Å². The lowest BCUT2D eigenvalue weighted by molar-refractivity contribution is -0.196. The van der Waals surface area contributed by atoms with Crippen LogP contribution in [-0.4, -0.2) is 92.5 Å². The number of Topliss-reactive ketones (excluding diaryl/α,β-unsaturated/α-hetero) is 4. The van der Waals surface area contributed by atoms with Gasteiger partial charge in [-0.05, 0) is 52.4 Å². The van der Waals surface area contributed by atoms with Crippen LogP contribution in [0.25, 0.3) is 6.08 Å². The largest absolute Gasteiger partial charge is 0.507 e. The minimum Gasteiger partial charge on any atom is -0.507 e. The summed E-state index contributed by atoms with van der Waals surface area (Å²) in [6, 6.07) is 1.59. The van der Waals surface area contributed by atoms with Gasteiger partial charge >= 0.3 is 0 Å². The number of carbonyl (C=O) groups is 6. The van der Waals surface area contributed by atoms with Gasteiger partial charge in [-0.1, -0.05) is 19.1 Å². The predicted molar refractivity (Wildman–Crippen MR) is 144 cm³/mol. The fourth-order valence-corrected chi connectivity index (χ4v) is 6.72. The molecule has 1 aromatic carbocycles. The Kier molecular flexibility index (Phi) is 7.35. The van der Waals surface area contributed by atoms with E-state index < -0.39 is 93.6 Å². The van der Waals surface area contributed by atoms with Crippen LogP contribution in [0.2, 0.25) is 0 Å². The quantitative estimate of drug-likeness (QED) is 0.228. The second-order valence-corrected chi connectivity index (χ2v) is 12.4. The van der Waals surface area contributed by atoms with Crippen molar-refractivity contribution < 1.29 is 44.1 Å². The van der Waals surface area contributed by atoms with E-state index >= 15 is 0 Å². The van der Waals surface area contributed by atoms with E-state index in [4.69, 9.17) is 5.73 Å². The molecular weight excluding hydrogens is 534 g/mol. The average molecular weight is 570 g/mol. The molecule has 2 fully saturated rings. The number of benzene rings is 1. The summed E-state index contributed by atoms with van der Waals surface area (Å²) in [5.74, 6) is -14.4. The standard InChI is InChI=1S/C29H35N3O9/c1-11-13-9-7-12(8-10-14(33)31-28(2,3)4)21(34)16(13)22(35)17-15(11)23(36)19-20(32(5)6)24(37)18(27(30)40)26(39)29(19,41)25(17)38/h7-11,15,17-20,23,34,36,41H,1-6H3,(H2,30,40)(H,31,33)/t11-,15+,17?,18?,19+,20-,23-,29-/m0/s1. The van der Waals surface area contributed by atoms with Crippen molar-refractivity contribution in [3.63, 3.8) is 0 Å². The summed E-state index contributed by atoms with van der Waals surface area (Å²) >= 11 is 0. The summed E-state index contributed by atoms with van der Waals surface area (Å²) < 4.78 is 0. The maximum Gasteiger partial charge on any atom is 0.244 e. The lowest BCUT2D eigenvalue weighted by atomic mass is 9.49. The fourth-order valence-electron chi connectivity index (χ4n) is 6.72. The number of primary amides is 1. The Labute approximate surface area is 236 Å². The zero-order valence-electron chi connectivity index (χ0n) is 23.7. The number of aliphatic hydroxyl groups excluding tert-OH is 1. The number of nitrogens with zero attached hydrogens (tertiary/aromatic N) is 1. The third-order valence-corrected chi connectivity index (χ3v) is 8.43. The van der Waals surface area contributed by atoms with Gasteiger partial charge in [-0.2, -0.15) is 0 Å². The summed E-state index contributed by atoms with van der Waals surface area (Å²) in [5, 5.41) is 37.1. The second-order valence-electron chi connectivity index (χ2n) is 12.4. The summed E-state index contributed by atoms with van der Waals surface area (Å²) in [7, 11) is 2.86. The number of hydrogen-bond acceptors (Lipinski definition) is 10. The molecule has 12 nitrogen and oxygen atoms in total. The van der Waals surface area contributed by atoms with Crippen LogP contribution >= 0.6 is 0 Å². The van der Waals surface area contributed by atoms with Gasteiger partial charge in [0.15, 0.2) is 34.7 Å². The lowest BCUT2D eigenvalue weighted by Gasteiger charge is -2.56. The molecule has 0 radical (unpaired) electrons. The van der Waals surface area contributed by atoms with Gasteiger partial charge in [0.25, 0.3) is 0 Å². The number of nitrogens with one attached hydrogen (secondary N) is 1. The zero-order chi connectivity index (χ0) is 30.9. The summed E-state index contributed by atoms with van der Waals surface area (Å²) in [4.78, 5) is 80.2. The van der Waals surface area contributed by atoms with Gasteiger partial charge in [-0.15, -0.1) is 0 Å². The molecular formula is C29H35N3O9. The van der Waals surface area contributed by atoms with Crippen molar-refractivity contribution in [1.29, 1.82) is 0 Å². The second kappa shape index (κ2) is 9.97. The number of carbonyl (C=O) groups excluding carboxylic acids is 6. The monoisotopic (exact) mass is 569 g/mol. The number of fused-ring (bicyclic) bond motifs is 3. The highest BCUT2D eigenvalue weighted by atomic mass is 16.3. The number of phenolic OH excluding ortho intramolecular Hbond substituents is 1. The van der Waals surface area contributed by atoms with Crippen LogP contribution in [0.15, 0.2) is 18.2 Å². The van der Waals surface area contributed by atoms with Crippen LogP contribution < -0.4 is 11.1 Å². The molecule has 0 bridgehead atoms. The van der Waals surface area contributed by atoms with Gasteiger partial charge in [0.05, 0.1) is 29.5 Å². The molecule has 12 heteroatoms. The molecule has 0 aromatic heterocycles. The maximum absolute atomic E-state index is 14.0. The molecule has 2 saturated carbocycles. The van der Waals surface area contributed by atoms with Crippen molar-refractivity contribution in [2.75, 3.05) is 14.1 Å². The summed E-state index contributed by atoms with van der Waals surface area (Å²) in [6.07, 6.45) is 0.779. The molecule has 6 N–H and O–H groups in total. The average Bonchev–Trinajstić information content (AvgIpc) is 2.84. The molecule has 0 aliphatic heterocycles.